The Morgan fingerprint density at radius 1 is 0.553 bits per heavy atom. The lowest BCUT2D eigenvalue weighted by Crippen LogP contribution is -1.92. The van der Waals surface area contributed by atoms with E-state index in [1.807, 2.05) is 36.4 Å². The highest BCUT2D eigenvalue weighted by Crippen LogP contribution is 2.36. The predicted molar refractivity (Wildman–Crippen MR) is 157 cm³/mol. The first-order valence-electron chi connectivity index (χ1n) is 12.5. The number of rotatable bonds is 3. The summed E-state index contributed by atoms with van der Waals surface area (Å²) in [6.07, 6.45) is 2.06. The van der Waals surface area contributed by atoms with Crippen molar-refractivity contribution in [2.45, 2.75) is 0 Å². The van der Waals surface area contributed by atoms with Crippen LogP contribution < -0.4 is 0 Å². The van der Waals surface area contributed by atoms with Crippen LogP contribution in [0, 0.1) is 0 Å². The number of aromatic nitrogens is 4. The third-order valence-corrected chi connectivity index (χ3v) is 8.11. The Kier molecular flexibility index (Phi) is 4.66. The summed E-state index contributed by atoms with van der Waals surface area (Å²) in [7, 11) is 0. The molecule has 5 heteroatoms. The zero-order valence-electron chi connectivity index (χ0n) is 20.2. The summed E-state index contributed by atoms with van der Waals surface area (Å²) in [6.45, 7) is 0. The van der Waals surface area contributed by atoms with Crippen molar-refractivity contribution in [2.75, 3.05) is 0 Å². The molecule has 8 rings (SSSR count). The van der Waals surface area contributed by atoms with Crippen LogP contribution in [0.15, 0.2) is 121 Å². The molecule has 4 aromatic carbocycles. The molecule has 0 aliphatic carbocycles. The monoisotopic (exact) mass is 504 g/mol. The Morgan fingerprint density at radius 3 is 2.21 bits per heavy atom. The second-order valence-electron chi connectivity index (χ2n) is 9.36. The third-order valence-electron chi connectivity index (χ3n) is 7.05. The number of hydrogen-bond acceptors (Lipinski definition) is 4. The molecule has 0 aliphatic heterocycles. The molecule has 0 unspecified atom stereocenters. The van der Waals surface area contributed by atoms with Crippen molar-refractivity contribution in [1.29, 1.82) is 0 Å². The largest absolute Gasteiger partial charge is 0.298 e. The van der Waals surface area contributed by atoms with Crippen molar-refractivity contribution in [3.8, 4) is 33.0 Å². The summed E-state index contributed by atoms with van der Waals surface area (Å²) >= 11 is 1.73. The summed E-state index contributed by atoms with van der Waals surface area (Å²) in [5.41, 5.74) is 10.4. The van der Waals surface area contributed by atoms with Gasteiger partial charge in [-0.1, -0.05) is 84.9 Å². The van der Waals surface area contributed by atoms with Gasteiger partial charge in [-0.25, -0.2) is 15.0 Å². The van der Waals surface area contributed by atoms with Crippen LogP contribution in [0.3, 0.4) is 0 Å². The highest BCUT2D eigenvalue weighted by atomic mass is 32.1. The topological polar surface area (TPSA) is 43.1 Å². The van der Waals surface area contributed by atoms with Crippen LogP contribution in [-0.2, 0) is 0 Å². The molecule has 0 aliphatic rings. The van der Waals surface area contributed by atoms with Crippen LogP contribution in [0.4, 0.5) is 0 Å². The molecule has 178 valence electrons. The SMILES string of the molecule is c1ccc(-c2nc3ccc(-c4ccc(-c5nc6ccccc6c6nc7ccccn7c56)cc4)cc3s2)cc1. The summed E-state index contributed by atoms with van der Waals surface area (Å²) < 4.78 is 3.33. The van der Waals surface area contributed by atoms with Crippen molar-refractivity contribution in [3.63, 3.8) is 0 Å². The highest BCUT2D eigenvalue weighted by Gasteiger charge is 2.16. The Balaban J connectivity index is 1.24. The number of para-hydroxylation sites is 1. The average molecular weight is 505 g/mol. The van der Waals surface area contributed by atoms with Crippen LogP contribution in [0.25, 0.3) is 70.8 Å². The smallest absolute Gasteiger partial charge is 0.137 e. The van der Waals surface area contributed by atoms with Crippen molar-refractivity contribution in [2.24, 2.45) is 0 Å². The Hall–Kier alpha value is -4.87. The van der Waals surface area contributed by atoms with Gasteiger partial charge in [0.1, 0.15) is 16.2 Å². The summed E-state index contributed by atoms with van der Waals surface area (Å²) in [5, 5.41) is 2.12. The van der Waals surface area contributed by atoms with Gasteiger partial charge in [0.2, 0.25) is 0 Å². The van der Waals surface area contributed by atoms with Gasteiger partial charge in [-0.15, -0.1) is 11.3 Å². The fourth-order valence-corrected chi connectivity index (χ4v) is 6.20. The number of imidazole rings is 1. The van der Waals surface area contributed by atoms with E-state index >= 15 is 0 Å². The van der Waals surface area contributed by atoms with Gasteiger partial charge in [-0.05, 0) is 41.5 Å². The number of hydrogen-bond donors (Lipinski definition) is 0. The first-order chi connectivity index (χ1) is 18.8. The lowest BCUT2D eigenvalue weighted by molar-refractivity contribution is 1.22. The molecule has 4 heterocycles. The van der Waals surface area contributed by atoms with E-state index in [2.05, 4.69) is 89.5 Å². The van der Waals surface area contributed by atoms with Gasteiger partial charge >= 0.3 is 0 Å². The molecule has 4 aromatic heterocycles. The Labute approximate surface area is 222 Å². The summed E-state index contributed by atoms with van der Waals surface area (Å²) in [4.78, 5) is 14.9. The van der Waals surface area contributed by atoms with Gasteiger partial charge in [0, 0.05) is 22.7 Å². The highest BCUT2D eigenvalue weighted by molar-refractivity contribution is 7.21. The van der Waals surface area contributed by atoms with Crippen LogP contribution in [0.1, 0.15) is 0 Å². The van der Waals surface area contributed by atoms with Crippen LogP contribution in [0.5, 0.6) is 0 Å². The fourth-order valence-electron chi connectivity index (χ4n) is 5.18. The van der Waals surface area contributed by atoms with Crippen molar-refractivity contribution < 1.29 is 0 Å². The van der Waals surface area contributed by atoms with Gasteiger partial charge < -0.3 is 0 Å². The zero-order valence-corrected chi connectivity index (χ0v) is 21.1. The average Bonchev–Trinajstić information content (AvgIpc) is 3.59. The third kappa shape index (κ3) is 3.33. The van der Waals surface area contributed by atoms with Crippen molar-refractivity contribution >= 4 is 49.1 Å². The maximum absolute atomic E-state index is 5.10. The molecule has 38 heavy (non-hydrogen) atoms. The molecule has 0 saturated heterocycles. The molecule has 0 N–H and O–H groups in total. The van der Waals surface area contributed by atoms with Crippen LogP contribution in [-0.4, -0.2) is 19.4 Å². The minimum atomic E-state index is 0.922. The molecular weight excluding hydrogens is 484 g/mol. The molecule has 0 bridgehead atoms. The normalized spacial score (nSPS) is 11.7. The van der Waals surface area contributed by atoms with Crippen molar-refractivity contribution in [1.82, 2.24) is 19.4 Å². The molecule has 0 radical (unpaired) electrons. The molecule has 0 spiro atoms. The van der Waals surface area contributed by atoms with E-state index in [1.54, 1.807) is 11.3 Å². The summed E-state index contributed by atoms with van der Waals surface area (Å²) in [5.74, 6) is 0. The quantitative estimate of drug-likeness (QED) is 0.242. The zero-order chi connectivity index (χ0) is 25.1. The molecular formula is C33H20N4S. The van der Waals surface area contributed by atoms with E-state index in [4.69, 9.17) is 15.0 Å². The first-order valence-corrected chi connectivity index (χ1v) is 13.4. The predicted octanol–water partition coefficient (Wildman–Crippen LogP) is 8.65. The molecule has 0 amide bonds. The summed E-state index contributed by atoms with van der Waals surface area (Å²) in [6, 6.07) is 39.9. The van der Waals surface area contributed by atoms with Crippen LogP contribution >= 0.6 is 11.3 Å². The van der Waals surface area contributed by atoms with E-state index < -0.39 is 0 Å². The molecule has 0 saturated carbocycles. The van der Waals surface area contributed by atoms with E-state index in [0.29, 0.717) is 0 Å². The maximum Gasteiger partial charge on any atom is 0.137 e. The van der Waals surface area contributed by atoms with Gasteiger partial charge in [-0.2, -0.15) is 0 Å². The van der Waals surface area contributed by atoms with E-state index in [9.17, 15) is 0 Å². The minimum absolute atomic E-state index is 0.922. The van der Waals surface area contributed by atoms with E-state index in [0.717, 1.165) is 54.9 Å². The number of nitrogens with zero attached hydrogens (tertiary/aromatic N) is 4. The van der Waals surface area contributed by atoms with Gasteiger partial charge in [0.05, 0.1) is 26.9 Å². The lowest BCUT2D eigenvalue weighted by atomic mass is 10.0. The molecule has 0 fully saturated rings. The molecule has 4 nitrogen and oxygen atoms in total. The second kappa shape index (κ2) is 8.33. The van der Waals surface area contributed by atoms with Gasteiger partial charge in [0.15, 0.2) is 0 Å². The number of pyridine rings is 2. The number of thiazole rings is 1. The Bertz CT molecular complexity index is 2120. The molecule has 8 aromatic rings. The number of benzene rings is 4. The second-order valence-corrected chi connectivity index (χ2v) is 10.4. The first kappa shape index (κ1) is 21.2. The lowest BCUT2D eigenvalue weighted by Gasteiger charge is -2.09. The standard InChI is InChI=1S/C33H20N4S/c1-2-8-23(9-3-1)33-35-27-18-17-24(20-28(27)38-33)21-13-15-22(16-14-21)30-32-31(25-10-4-5-11-26(25)34-30)36-29-12-6-7-19-37(29)32/h1-20H. The molecule has 0 atom stereocenters. The fraction of sp³-hybridized carbons (Fsp3) is 0. The minimum Gasteiger partial charge on any atom is -0.298 e. The maximum atomic E-state index is 5.10. The van der Waals surface area contributed by atoms with E-state index in [1.165, 1.54) is 15.8 Å². The number of fused-ring (bicyclic) bond motifs is 6. The van der Waals surface area contributed by atoms with Crippen molar-refractivity contribution in [3.05, 3.63) is 121 Å². The van der Waals surface area contributed by atoms with Gasteiger partial charge in [0.25, 0.3) is 0 Å². The van der Waals surface area contributed by atoms with Crippen LogP contribution in [0.2, 0.25) is 0 Å². The Morgan fingerprint density at radius 2 is 1.32 bits per heavy atom. The van der Waals surface area contributed by atoms with E-state index in [-0.39, 0.29) is 0 Å². The van der Waals surface area contributed by atoms with Gasteiger partial charge in [-0.3, -0.25) is 4.40 Å².